The highest BCUT2D eigenvalue weighted by Gasteiger charge is 2.20. The van der Waals surface area contributed by atoms with Crippen LogP contribution in [0.1, 0.15) is 6.92 Å². The summed E-state index contributed by atoms with van der Waals surface area (Å²) in [5.74, 6) is 0. The first kappa shape index (κ1) is 10.2. The fourth-order valence-corrected chi connectivity index (χ4v) is 1.99. The fourth-order valence-electron chi connectivity index (χ4n) is 0.948. The maximum atomic E-state index is 11.6. The van der Waals surface area contributed by atoms with Crippen LogP contribution in [0, 0.1) is 0 Å². The third-order valence-electron chi connectivity index (χ3n) is 1.76. The molecule has 1 aromatic rings. The number of imidazole rings is 1. The summed E-state index contributed by atoms with van der Waals surface area (Å²) in [7, 11) is -0.338. The first-order chi connectivity index (χ1) is 6.00. The van der Waals surface area contributed by atoms with Crippen molar-refractivity contribution in [2.24, 2.45) is 0 Å². The highest BCUT2D eigenvalue weighted by Crippen LogP contribution is 2.11. The molecule has 0 aliphatic carbocycles. The highest BCUT2D eigenvalue weighted by atomic mass is 32.2. The second-order valence-corrected chi connectivity index (χ2v) is 4.90. The molecule has 1 rings (SSSR count). The molecule has 5 nitrogen and oxygen atoms in total. The molecule has 0 atom stereocenters. The fraction of sp³-hybridized carbons (Fsp3) is 0.571. The Labute approximate surface area is 78.1 Å². The SMILES string of the molecule is CCn1cncc1S(=O)(=O)N(C)C. The zero-order valence-electron chi connectivity index (χ0n) is 7.93. The Hall–Kier alpha value is -0.880. The molecule has 0 aliphatic heterocycles. The second kappa shape index (κ2) is 3.47. The van der Waals surface area contributed by atoms with Crippen molar-refractivity contribution in [2.75, 3.05) is 14.1 Å². The lowest BCUT2D eigenvalue weighted by molar-refractivity contribution is 0.507. The van der Waals surface area contributed by atoms with Crippen molar-refractivity contribution in [1.82, 2.24) is 13.9 Å². The zero-order valence-corrected chi connectivity index (χ0v) is 8.74. The van der Waals surface area contributed by atoms with Gasteiger partial charge in [-0.2, -0.15) is 0 Å². The van der Waals surface area contributed by atoms with Gasteiger partial charge in [-0.05, 0) is 6.92 Å². The summed E-state index contributed by atoms with van der Waals surface area (Å²) in [6.07, 6.45) is 2.87. The highest BCUT2D eigenvalue weighted by molar-refractivity contribution is 7.89. The molecule has 0 amide bonds. The number of sulfonamides is 1. The van der Waals surface area contributed by atoms with Crippen LogP contribution in [-0.2, 0) is 16.6 Å². The number of hydrogen-bond donors (Lipinski definition) is 0. The van der Waals surface area contributed by atoms with Gasteiger partial charge in [-0.3, -0.25) is 0 Å². The van der Waals surface area contributed by atoms with Crippen LogP contribution in [0.5, 0.6) is 0 Å². The van der Waals surface area contributed by atoms with Gasteiger partial charge >= 0.3 is 0 Å². The number of aromatic nitrogens is 2. The van der Waals surface area contributed by atoms with Gasteiger partial charge in [-0.15, -0.1) is 0 Å². The van der Waals surface area contributed by atoms with E-state index in [0.717, 1.165) is 0 Å². The van der Waals surface area contributed by atoms with E-state index in [4.69, 9.17) is 0 Å². The van der Waals surface area contributed by atoms with Crippen molar-refractivity contribution in [1.29, 1.82) is 0 Å². The van der Waals surface area contributed by atoms with Crippen LogP contribution in [0.3, 0.4) is 0 Å². The molecule has 1 heterocycles. The van der Waals surface area contributed by atoms with E-state index >= 15 is 0 Å². The molecule has 0 saturated carbocycles. The molecule has 0 unspecified atom stereocenters. The molecule has 74 valence electrons. The van der Waals surface area contributed by atoms with Crippen LogP contribution >= 0.6 is 0 Å². The number of rotatable bonds is 3. The van der Waals surface area contributed by atoms with Crippen LogP contribution in [-0.4, -0.2) is 36.4 Å². The Kier molecular flexibility index (Phi) is 2.72. The summed E-state index contributed by atoms with van der Waals surface area (Å²) in [5, 5.41) is 0.236. The van der Waals surface area contributed by atoms with E-state index in [2.05, 4.69) is 4.98 Å². The molecule has 0 aromatic carbocycles. The number of hydrogen-bond acceptors (Lipinski definition) is 3. The van der Waals surface area contributed by atoms with E-state index in [1.165, 1.54) is 30.9 Å². The lowest BCUT2D eigenvalue weighted by Gasteiger charge is -2.11. The van der Waals surface area contributed by atoms with Gasteiger partial charge < -0.3 is 4.57 Å². The first-order valence-corrected chi connectivity index (χ1v) is 5.36. The lowest BCUT2D eigenvalue weighted by Crippen LogP contribution is -2.24. The van der Waals surface area contributed by atoms with E-state index in [9.17, 15) is 8.42 Å². The third-order valence-corrected chi connectivity index (χ3v) is 3.59. The first-order valence-electron chi connectivity index (χ1n) is 3.92. The van der Waals surface area contributed by atoms with E-state index in [1.54, 1.807) is 4.57 Å². The van der Waals surface area contributed by atoms with E-state index < -0.39 is 10.0 Å². The van der Waals surface area contributed by atoms with Crippen LogP contribution in [0.25, 0.3) is 0 Å². The largest absolute Gasteiger partial charge is 0.321 e. The molecule has 0 N–H and O–H groups in total. The molecule has 6 heteroatoms. The summed E-state index contributed by atoms with van der Waals surface area (Å²) in [6.45, 7) is 2.47. The number of aryl methyl sites for hydroxylation is 1. The van der Waals surface area contributed by atoms with Gasteiger partial charge in [0.05, 0.1) is 12.5 Å². The second-order valence-electron chi connectivity index (χ2n) is 2.81. The quantitative estimate of drug-likeness (QED) is 0.703. The predicted octanol–water partition coefficient (Wildman–Crippen LogP) is 0.153. The molecule has 0 radical (unpaired) electrons. The summed E-state index contributed by atoms with van der Waals surface area (Å²) < 4.78 is 26.0. The normalized spacial score (nSPS) is 12.3. The lowest BCUT2D eigenvalue weighted by atomic mass is 10.7. The minimum Gasteiger partial charge on any atom is -0.321 e. The molecule has 0 spiro atoms. The Balaban J connectivity index is 3.22. The van der Waals surface area contributed by atoms with Gasteiger partial charge in [-0.1, -0.05) is 0 Å². The minimum absolute atomic E-state index is 0.236. The maximum Gasteiger partial charge on any atom is 0.259 e. The van der Waals surface area contributed by atoms with Crippen LogP contribution in [0.15, 0.2) is 17.6 Å². The van der Waals surface area contributed by atoms with Crippen molar-refractivity contribution in [3.05, 3.63) is 12.5 Å². The Morgan fingerprint density at radius 2 is 2.15 bits per heavy atom. The Bertz CT molecular complexity index is 380. The van der Waals surface area contributed by atoms with Crippen molar-refractivity contribution >= 4 is 10.0 Å². The number of nitrogens with zero attached hydrogens (tertiary/aromatic N) is 3. The van der Waals surface area contributed by atoms with E-state index in [0.29, 0.717) is 6.54 Å². The van der Waals surface area contributed by atoms with Gasteiger partial charge in [0, 0.05) is 20.6 Å². The van der Waals surface area contributed by atoms with E-state index in [1.807, 2.05) is 6.92 Å². The van der Waals surface area contributed by atoms with Crippen molar-refractivity contribution < 1.29 is 8.42 Å². The molecule has 0 aliphatic rings. The third kappa shape index (κ3) is 1.73. The molecule has 13 heavy (non-hydrogen) atoms. The molecule has 0 bridgehead atoms. The summed E-state index contributed by atoms with van der Waals surface area (Å²) in [6, 6.07) is 0. The smallest absolute Gasteiger partial charge is 0.259 e. The Morgan fingerprint density at radius 1 is 1.54 bits per heavy atom. The average Bonchev–Trinajstić information content (AvgIpc) is 2.51. The van der Waals surface area contributed by atoms with Gasteiger partial charge in [0.1, 0.15) is 0 Å². The molecule has 0 fully saturated rings. The Morgan fingerprint density at radius 3 is 2.62 bits per heavy atom. The summed E-state index contributed by atoms with van der Waals surface area (Å²) in [5.41, 5.74) is 0. The van der Waals surface area contributed by atoms with Crippen molar-refractivity contribution in [3.8, 4) is 0 Å². The van der Waals surface area contributed by atoms with Gasteiger partial charge in [0.2, 0.25) is 0 Å². The molecule has 0 saturated heterocycles. The topological polar surface area (TPSA) is 55.2 Å². The van der Waals surface area contributed by atoms with E-state index in [-0.39, 0.29) is 5.03 Å². The molecular weight excluding hydrogens is 190 g/mol. The van der Waals surface area contributed by atoms with Gasteiger partial charge in [0.25, 0.3) is 10.0 Å². The molecular formula is C7H13N3O2S. The summed E-state index contributed by atoms with van der Waals surface area (Å²) >= 11 is 0. The monoisotopic (exact) mass is 203 g/mol. The minimum atomic E-state index is -3.34. The van der Waals surface area contributed by atoms with Crippen molar-refractivity contribution in [2.45, 2.75) is 18.5 Å². The van der Waals surface area contributed by atoms with Crippen LogP contribution in [0.4, 0.5) is 0 Å². The average molecular weight is 203 g/mol. The predicted molar refractivity (Wildman–Crippen MR) is 48.8 cm³/mol. The van der Waals surface area contributed by atoms with Gasteiger partial charge in [-0.25, -0.2) is 17.7 Å². The van der Waals surface area contributed by atoms with Gasteiger partial charge in [0.15, 0.2) is 5.03 Å². The summed E-state index contributed by atoms with van der Waals surface area (Å²) in [4.78, 5) is 3.80. The van der Waals surface area contributed by atoms with Crippen LogP contribution < -0.4 is 0 Å². The zero-order chi connectivity index (χ0) is 10.1. The van der Waals surface area contributed by atoms with Crippen molar-refractivity contribution in [3.63, 3.8) is 0 Å². The standard InChI is InChI=1S/C7H13N3O2S/c1-4-10-6-8-5-7(10)13(11,12)9(2)3/h5-6H,4H2,1-3H3. The maximum absolute atomic E-state index is 11.6. The molecule has 1 aromatic heterocycles. The van der Waals surface area contributed by atoms with Crippen LogP contribution in [0.2, 0.25) is 0 Å².